The molecule has 0 saturated heterocycles. The van der Waals surface area contributed by atoms with E-state index in [-0.39, 0.29) is 5.92 Å². The van der Waals surface area contributed by atoms with Gasteiger partial charge in [0.15, 0.2) is 5.75 Å². The number of hydrogen-bond acceptors (Lipinski definition) is 4. The zero-order chi connectivity index (χ0) is 18.0. The monoisotopic (exact) mass is 357 g/mol. The van der Waals surface area contributed by atoms with E-state index in [0.29, 0.717) is 23.5 Å². The highest BCUT2D eigenvalue weighted by atomic mass is 32.2. The van der Waals surface area contributed by atoms with Gasteiger partial charge in [-0.3, -0.25) is 4.79 Å². The largest absolute Gasteiger partial charge is 0.480 e. The Labute approximate surface area is 150 Å². The normalized spacial score (nSPS) is 13.4. The van der Waals surface area contributed by atoms with Crippen molar-refractivity contribution in [1.82, 2.24) is 5.32 Å². The molecule has 6 heteroatoms. The molecule has 1 aliphatic heterocycles. The van der Waals surface area contributed by atoms with Crippen LogP contribution in [0.5, 0.6) is 11.5 Å². The van der Waals surface area contributed by atoms with Crippen LogP contribution in [0.3, 0.4) is 0 Å². The van der Waals surface area contributed by atoms with Crippen molar-refractivity contribution in [2.45, 2.75) is 36.1 Å². The Balaban J connectivity index is 1.87. The number of fused-ring (bicyclic) bond motifs is 2. The summed E-state index contributed by atoms with van der Waals surface area (Å²) in [6.07, 6.45) is 0.370. The van der Waals surface area contributed by atoms with Crippen LogP contribution >= 0.6 is 11.8 Å². The summed E-state index contributed by atoms with van der Waals surface area (Å²) in [7, 11) is 0. The number of carboxylic acids is 1. The van der Waals surface area contributed by atoms with Gasteiger partial charge < -0.3 is 15.2 Å². The fraction of sp³-hybridized carbons (Fsp3) is 0.263. The third-order valence-corrected chi connectivity index (χ3v) is 4.91. The van der Waals surface area contributed by atoms with Crippen molar-refractivity contribution in [1.29, 1.82) is 0 Å². The van der Waals surface area contributed by atoms with E-state index in [1.165, 1.54) is 11.8 Å². The number of carbonyl (C=O) groups excluding carboxylic acids is 1. The SMILES string of the molecule is CC(C)C[C@H](NC(=O)c1cccc2c1Oc1ccccc1S2)C(=O)O. The number of amides is 1. The smallest absolute Gasteiger partial charge is 0.326 e. The number of carboxylic acid groups (broad SMARTS) is 1. The van der Waals surface area contributed by atoms with Gasteiger partial charge in [0.2, 0.25) is 0 Å². The van der Waals surface area contributed by atoms with E-state index in [0.717, 1.165) is 9.79 Å². The minimum absolute atomic E-state index is 0.157. The first-order valence-corrected chi connectivity index (χ1v) is 8.88. The van der Waals surface area contributed by atoms with Crippen molar-refractivity contribution in [2.75, 3.05) is 0 Å². The molecule has 1 amide bonds. The summed E-state index contributed by atoms with van der Waals surface area (Å²) in [5, 5.41) is 11.9. The average molecular weight is 357 g/mol. The van der Waals surface area contributed by atoms with E-state index < -0.39 is 17.9 Å². The van der Waals surface area contributed by atoms with Crippen LogP contribution in [-0.4, -0.2) is 23.0 Å². The van der Waals surface area contributed by atoms with E-state index in [1.54, 1.807) is 12.1 Å². The maximum Gasteiger partial charge on any atom is 0.326 e. The Morgan fingerprint density at radius 2 is 1.84 bits per heavy atom. The van der Waals surface area contributed by atoms with Crippen molar-refractivity contribution >= 4 is 23.6 Å². The Hall–Kier alpha value is -2.47. The molecule has 0 spiro atoms. The van der Waals surface area contributed by atoms with Crippen molar-refractivity contribution in [3.05, 3.63) is 48.0 Å². The van der Waals surface area contributed by atoms with Gasteiger partial charge in [-0.2, -0.15) is 0 Å². The lowest BCUT2D eigenvalue weighted by atomic mass is 10.0. The van der Waals surface area contributed by atoms with E-state index in [9.17, 15) is 14.7 Å². The maximum absolute atomic E-state index is 12.7. The average Bonchev–Trinajstić information content (AvgIpc) is 2.58. The first-order valence-electron chi connectivity index (χ1n) is 8.07. The minimum atomic E-state index is -1.03. The molecule has 0 saturated carbocycles. The van der Waals surface area contributed by atoms with Crippen LogP contribution < -0.4 is 10.1 Å². The van der Waals surface area contributed by atoms with Crippen LogP contribution in [0.15, 0.2) is 52.3 Å². The highest BCUT2D eigenvalue weighted by molar-refractivity contribution is 7.99. The number of ether oxygens (including phenoxy) is 1. The summed E-state index contributed by atoms with van der Waals surface area (Å²) in [5.41, 5.74) is 0.342. The van der Waals surface area contributed by atoms with Crippen LogP contribution in [0.25, 0.3) is 0 Å². The lowest BCUT2D eigenvalue weighted by Crippen LogP contribution is -2.41. The molecule has 0 unspecified atom stereocenters. The summed E-state index contributed by atoms with van der Waals surface area (Å²) in [5.74, 6) is -0.156. The number of nitrogens with one attached hydrogen (secondary N) is 1. The lowest BCUT2D eigenvalue weighted by molar-refractivity contribution is -0.139. The zero-order valence-electron chi connectivity index (χ0n) is 14.0. The predicted molar refractivity (Wildman–Crippen MR) is 95.4 cm³/mol. The fourth-order valence-corrected chi connectivity index (χ4v) is 3.64. The second-order valence-electron chi connectivity index (χ2n) is 6.28. The van der Waals surface area contributed by atoms with Gasteiger partial charge in [0.25, 0.3) is 5.91 Å². The summed E-state index contributed by atoms with van der Waals surface area (Å²) < 4.78 is 5.92. The summed E-state index contributed by atoms with van der Waals surface area (Å²) >= 11 is 1.53. The molecule has 0 radical (unpaired) electrons. The summed E-state index contributed by atoms with van der Waals surface area (Å²) in [4.78, 5) is 25.9. The highest BCUT2D eigenvalue weighted by Crippen LogP contribution is 2.48. The van der Waals surface area contributed by atoms with Gasteiger partial charge >= 0.3 is 5.97 Å². The Kier molecular flexibility index (Phi) is 4.99. The van der Waals surface area contributed by atoms with Gasteiger partial charge in [-0.1, -0.05) is 43.8 Å². The van der Waals surface area contributed by atoms with Gasteiger partial charge in [-0.25, -0.2) is 4.79 Å². The number of carbonyl (C=O) groups is 2. The van der Waals surface area contributed by atoms with Gasteiger partial charge in [-0.15, -0.1) is 0 Å². The van der Waals surface area contributed by atoms with Crippen LogP contribution in [0.4, 0.5) is 0 Å². The molecule has 0 bridgehead atoms. The van der Waals surface area contributed by atoms with Crippen molar-refractivity contribution < 1.29 is 19.4 Å². The minimum Gasteiger partial charge on any atom is -0.480 e. The van der Waals surface area contributed by atoms with E-state index >= 15 is 0 Å². The van der Waals surface area contributed by atoms with Gasteiger partial charge in [0.05, 0.1) is 15.4 Å². The molecule has 25 heavy (non-hydrogen) atoms. The lowest BCUT2D eigenvalue weighted by Gasteiger charge is -2.22. The van der Waals surface area contributed by atoms with Crippen LogP contribution in [0.2, 0.25) is 0 Å². The summed E-state index contributed by atoms with van der Waals surface area (Å²) in [6, 6.07) is 12.0. The quantitative estimate of drug-likeness (QED) is 0.717. The van der Waals surface area contributed by atoms with E-state index in [4.69, 9.17) is 4.74 Å². The molecule has 2 N–H and O–H groups in total. The molecular weight excluding hydrogens is 338 g/mol. The number of para-hydroxylation sites is 2. The molecule has 0 fully saturated rings. The molecule has 130 valence electrons. The number of hydrogen-bond donors (Lipinski definition) is 2. The Morgan fingerprint density at radius 3 is 2.56 bits per heavy atom. The molecule has 1 aliphatic rings. The number of rotatable bonds is 5. The van der Waals surface area contributed by atoms with E-state index in [2.05, 4.69) is 5.32 Å². The number of aliphatic carboxylic acids is 1. The molecule has 1 heterocycles. The van der Waals surface area contributed by atoms with Crippen LogP contribution in [-0.2, 0) is 4.79 Å². The van der Waals surface area contributed by atoms with Crippen molar-refractivity contribution in [3.63, 3.8) is 0 Å². The first-order chi connectivity index (χ1) is 12.0. The third kappa shape index (κ3) is 3.79. The van der Waals surface area contributed by atoms with E-state index in [1.807, 2.05) is 44.2 Å². The fourth-order valence-electron chi connectivity index (χ4n) is 2.66. The predicted octanol–water partition coefficient (Wildman–Crippen LogP) is 4.17. The standard InChI is InChI=1S/C19H19NO4S/c1-11(2)10-13(19(22)23)20-18(21)12-6-5-9-16-17(12)24-14-7-3-4-8-15(14)25-16/h3-9,11,13H,10H2,1-2H3,(H,20,21)(H,22,23)/t13-/m0/s1. The zero-order valence-corrected chi connectivity index (χ0v) is 14.8. The third-order valence-electron chi connectivity index (χ3n) is 3.82. The number of benzene rings is 2. The Bertz CT molecular complexity index is 819. The van der Waals surface area contributed by atoms with Crippen molar-refractivity contribution in [3.8, 4) is 11.5 Å². The Morgan fingerprint density at radius 1 is 1.12 bits per heavy atom. The summed E-state index contributed by atoms with van der Waals surface area (Å²) in [6.45, 7) is 3.84. The first kappa shape index (κ1) is 17.4. The van der Waals surface area contributed by atoms with Crippen LogP contribution in [0, 0.1) is 5.92 Å². The van der Waals surface area contributed by atoms with Gasteiger partial charge in [0, 0.05) is 0 Å². The molecule has 2 aromatic rings. The van der Waals surface area contributed by atoms with Crippen LogP contribution in [0.1, 0.15) is 30.6 Å². The second kappa shape index (κ2) is 7.19. The molecule has 1 atom stereocenters. The molecule has 3 rings (SSSR count). The van der Waals surface area contributed by atoms with Gasteiger partial charge in [0.1, 0.15) is 11.8 Å². The topological polar surface area (TPSA) is 75.6 Å². The van der Waals surface area contributed by atoms with Crippen molar-refractivity contribution in [2.24, 2.45) is 5.92 Å². The van der Waals surface area contributed by atoms with Gasteiger partial charge in [-0.05, 0) is 36.6 Å². The molecule has 0 aliphatic carbocycles. The molecule has 0 aromatic heterocycles. The molecule has 5 nitrogen and oxygen atoms in total. The highest BCUT2D eigenvalue weighted by Gasteiger charge is 2.27. The maximum atomic E-state index is 12.7. The molecular formula is C19H19NO4S. The second-order valence-corrected chi connectivity index (χ2v) is 7.36. The molecule has 2 aromatic carbocycles.